The summed E-state index contributed by atoms with van der Waals surface area (Å²) in [6.07, 6.45) is 1.39. The Hall–Kier alpha value is -1.79. The minimum absolute atomic E-state index is 0.0930. The van der Waals surface area contributed by atoms with Gasteiger partial charge in [0.1, 0.15) is 10.9 Å². The van der Waals surface area contributed by atoms with Crippen LogP contribution in [-0.4, -0.2) is 18.0 Å². The number of rotatable bonds is 3. The second-order valence-electron chi connectivity index (χ2n) is 4.36. The zero-order valence-corrected chi connectivity index (χ0v) is 13.7. The van der Waals surface area contributed by atoms with E-state index >= 15 is 0 Å². The average Bonchev–Trinajstić information content (AvgIpc) is 2.43. The number of nitrogens with one attached hydrogen (secondary N) is 1. The number of hydrogen-bond donors (Lipinski definition) is 2. The second kappa shape index (κ2) is 6.32. The molecule has 0 radical (unpaired) electrons. The smallest absolute Gasteiger partial charge is 0.258 e. The number of aromatic nitrogens is 1. The van der Waals surface area contributed by atoms with Gasteiger partial charge in [-0.3, -0.25) is 4.79 Å². The first-order chi connectivity index (χ1) is 9.92. The first-order valence-electron chi connectivity index (χ1n) is 5.99. The number of carbonyl (C=O) groups excluding carboxylic acids is 1. The van der Waals surface area contributed by atoms with Gasteiger partial charge in [0.25, 0.3) is 5.91 Å². The van der Waals surface area contributed by atoms with Gasteiger partial charge >= 0.3 is 0 Å². The second-order valence-corrected chi connectivity index (χ2v) is 5.63. The molecule has 0 fully saturated rings. The van der Waals surface area contributed by atoms with Crippen molar-refractivity contribution in [3.8, 4) is 5.75 Å². The lowest BCUT2D eigenvalue weighted by Gasteiger charge is -2.14. The van der Waals surface area contributed by atoms with Gasteiger partial charge in [-0.1, -0.05) is 27.5 Å². The van der Waals surface area contributed by atoms with E-state index in [1.807, 2.05) is 13.0 Å². The molecule has 110 valence electrons. The van der Waals surface area contributed by atoms with Gasteiger partial charge in [-0.2, -0.15) is 0 Å². The molecule has 1 aromatic carbocycles. The minimum atomic E-state index is -0.400. The molecule has 7 heteroatoms. The van der Waals surface area contributed by atoms with Crippen LogP contribution in [0.25, 0.3) is 0 Å². The van der Waals surface area contributed by atoms with Crippen molar-refractivity contribution in [2.45, 2.75) is 6.92 Å². The fraction of sp³-hybridized carbons (Fsp3) is 0.143. The molecule has 2 rings (SSSR count). The van der Waals surface area contributed by atoms with Crippen LogP contribution in [0.4, 0.5) is 11.4 Å². The molecule has 0 aliphatic heterocycles. The Labute approximate surface area is 135 Å². The number of anilines is 2. The number of carbonyl (C=O) groups is 1. The number of nitrogens with two attached hydrogens (primary N) is 1. The lowest BCUT2D eigenvalue weighted by molar-refractivity contribution is 0.102. The third-order valence-corrected chi connectivity index (χ3v) is 3.59. The number of nitrogens with zero attached hydrogens (tertiary/aromatic N) is 1. The molecule has 0 aliphatic carbocycles. The van der Waals surface area contributed by atoms with E-state index in [4.69, 9.17) is 22.1 Å². The largest absolute Gasteiger partial charge is 0.495 e. The van der Waals surface area contributed by atoms with Gasteiger partial charge in [0, 0.05) is 4.47 Å². The van der Waals surface area contributed by atoms with Crippen molar-refractivity contribution in [2.75, 3.05) is 18.2 Å². The number of hydrogen-bond acceptors (Lipinski definition) is 4. The van der Waals surface area contributed by atoms with E-state index in [1.165, 1.54) is 19.4 Å². The van der Waals surface area contributed by atoms with Crippen molar-refractivity contribution in [1.82, 2.24) is 4.98 Å². The maximum Gasteiger partial charge on any atom is 0.258 e. The third kappa shape index (κ3) is 3.46. The molecule has 0 atom stereocenters. The van der Waals surface area contributed by atoms with Crippen molar-refractivity contribution in [2.24, 2.45) is 0 Å². The first kappa shape index (κ1) is 15.6. The quantitative estimate of drug-likeness (QED) is 0.809. The number of ether oxygens (including phenoxy) is 1. The Bertz CT molecular complexity index is 707. The summed E-state index contributed by atoms with van der Waals surface area (Å²) in [5.74, 6) is 0.145. The lowest BCUT2D eigenvalue weighted by atomic mass is 10.1. The minimum Gasteiger partial charge on any atom is -0.495 e. The van der Waals surface area contributed by atoms with E-state index in [0.29, 0.717) is 17.1 Å². The molecule has 2 aromatic rings. The van der Waals surface area contributed by atoms with E-state index in [1.54, 1.807) is 6.07 Å². The number of pyridine rings is 1. The van der Waals surface area contributed by atoms with E-state index < -0.39 is 5.91 Å². The molecule has 0 spiro atoms. The average molecular weight is 371 g/mol. The highest BCUT2D eigenvalue weighted by Gasteiger charge is 2.16. The summed E-state index contributed by atoms with van der Waals surface area (Å²) >= 11 is 9.31. The molecule has 0 unspecified atom stereocenters. The summed E-state index contributed by atoms with van der Waals surface area (Å²) < 4.78 is 6.14. The van der Waals surface area contributed by atoms with Crippen LogP contribution in [-0.2, 0) is 0 Å². The number of methoxy groups -OCH3 is 1. The molecule has 5 nitrogen and oxygen atoms in total. The SMILES string of the molecule is COc1cc(Br)cc(C)c1NC(=O)c1cc(N)cnc1Cl. The highest BCUT2D eigenvalue weighted by atomic mass is 79.9. The van der Waals surface area contributed by atoms with E-state index in [-0.39, 0.29) is 10.7 Å². The van der Waals surface area contributed by atoms with Crippen molar-refractivity contribution >= 4 is 44.8 Å². The van der Waals surface area contributed by atoms with E-state index in [2.05, 4.69) is 26.2 Å². The molecule has 0 saturated carbocycles. The summed E-state index contributed by atoms with van der Waals surface area (Å²) in [5.41, 5.74) is 7.63. The van der Waals surface area contributed by atoms with Gasteiger partial charge < -0.3 is 15.8 Å². The monoisotopic (exact) mass is 369 g/mol. The van der Waals surface area contributed by atoms with Crippen LogP contribution < -0.4 is 15.8 Å². The fourth-order valence-electron chi connectivity index (χ4n) is 1.84. The number of halogens is 2. The third-order valence-electron chi connectivity index (χ3n) is 2.83. The topological polar surface area (TPSA) is 77.2 Å². The Kier molecular flexibility index (Phi) is 4.69. The molecular weight excluding hydrogens is 358 g/mol. The summed E-state index contributed by atoms with van der Waals surface area (Å²) in [4.78, 5) is 16.2. The molecule has 3 N–H and O–H groups in total. The Morgan fingerprint density at radius 1 is 1.43 bits per heavy atom. The van der Waals surface area contributed by atoms with Gasteiger partial charge in [-0.05, 0) is 30.7 Å². The van der Waals surface area contributed by atoms with Crippen molar-refractivity contribution in [3.05, 3.63) is 45.1 Å². The van der Waals surface area contributed by atoms with Gasteiger partial charge in [-0.25, -0.2) is 4.98 Å². The zero-order chi connectivity index (χ0) is 15.6. The van der Waals surface area contributed by atoms with Gasteiger partial charge in [0.2, 0.25) is 0 Å². The van der Waals surface area contributed by atoms with Crippen LogP contribution in [0.5, 0.6) is 5.75 Å². The van der Waals surface area contributed by atoms with Crippen LogP contribution in [0.3, 0.4) is 0 Å². The lowest BCUT2D eigenvalue weighted by Crippen LogP contribution is -2.15. The molecule has 0 saturated heterocycles. The molecule has 1 aromatic heterocycles. The van der Waals surface area contributed by atoms with Crippen LogP contribution in [0, 0.1) is 6.92 Å². The number of amides is 1. The van der Waals surface area contributed by atoms with Crippen molar-refractivity contribution in [3.63, 3.8) is 0 Å². The van der Waals surface area contributed by atoms with Crippen molar-refractivity contribution < 1.29 is 9.53 Å². The summed E-state index contributed by atoms with van der Waals surface area (Å²) in [7, 11) is 1.53. The maximum atomic E-state index is 12.3. The molecule has 0 bridgehead atoms. The Morgan fingerprint density at radius 2 is 2.14 bits per heavy atom. The van der Waals surface area contributed by atoms with Crippen LogP contribution in [0.15, 0.2) is 28.9 Å². The fourth-order valence-corrected chi connectivity index (χ4v) is 2.58. The normalized spacial score (nSPS) is 10.3. The standard InChI is InChI=1S/C14H13BrClN3O2/c1-7-3-8(15)4-11(21-2)12(7)19-14(20)10-5-9(17)6-18-13(10)16/h3-6H,17H2,1-2H3,(H,19,20). The van der Waals surface area contributed by atoms with Crippen LogP contribution in [0.2, 0.25) is 5.15 Å². The predicted molar refractivity (Wildman–Crippen MR) is 87.0 cm³/mol. The first-order valence-corrected chi connectivity index (χ1v) is 7.16. The highest BCUT2D eigenvalue weighted by Crippen LogP contribution is 2.32. The Balaban J connectivity index is 2.38. The number of benzene rings is 1. The zero-order valence-electron chi connectivity index (χ0n) is 11.4. The van der Waals surface area contributed by atoms with Crippen LogP contribution in [0.1, 0.15) is 15.9 Å². The maximum absolute atomic E-state index is 12.3. The van der Waals surface area contributed by atoms with E-state index in [9.17, 15) is 4.79 Å². The molecule has 1 amide bonds. The van der Waals surface area contributed by atoms with Gasteiger partial charge in [0.15, 0.2) is 0 Å². The van der Waals surface area contributed by atoms with Crippen LogP contribution >= 0.6 is 27.5 Å². The highest BCUT2D eigenvalue weighted by molar-refractivity contribution is 9.10. The van der Waals surface area contributed by atoms with E-state index in [0.717, 1.165) is 10.0 Å². The molecule has 0 aliphatic rings. The molecule has 1 heterocycles. The summed E-state index contributed by atoms with van der Waals surface area (Å²) in [6.45, 7) is 1.86. The summed E-state index contributed by atoms with van der Waals surface area (Å²) in [6, 6.07) is 5.12. The predicted octanol–water partition coefficient (Wildman–Crippen LogP) is 3.65. The Morgan fingerprint density at radius 3 is 2.81 bits per heavy atom. The summed E-state index contributed by atoms with van der Waals surface area (Å²) in [5, 5.41) is 2.87. The number of nitrogen functional groups attached to an aromatic ring is 1. The van der Waals surface area contributed by atoms with Gasteiger partial charge in [0.05, 0.1) is 30.2 Å². The molecule has 21 heavy (non-hydrogen) atoms. The van der Waals surface area contributed by atoms with Crippen molar-refractivity contribution in [1.29, 1.82) is 0 Å². The number of aryl methyl sites for hydroxylation is 1. The molecular formula is C14H13BrClN3O2. The van der Waals surface area contributed by atoms with Gasteiger partial charge in [-0.15, -0.1) is 0 Å².